The molecule has 1 saturated heterocycles. The van der Waals surface area contributed by atoms with Crippen molar-refractivity contribution in [1.82, 2.24) is 19.2 Å². The number of hydrogen-bond donors (Lipinski definition) is 0. The Morgan fingerprint density at radius 3 is 2.88 bits per heavy atom. The van der Waals surface area contributed by atoms with Crippen LogP contribution in [-0.2, 0) is 16.6 Å². The molecule has 1 aliphatic heterocycles. The third-order valence-corrected chi connectivity index (χ3v) is 5.80. The number of pyridine rings is 1. The fourth-order valence-corrected chi connectivity index (χ4v) is 4.31. The molecule has 9 heteroatoms. The number of likely N-dealkylation sites (tertiary alicyclic amines) is 1. The van der Waals surface area contributed by atoms with Gasteiger partial charge in [-0.3, -0.25) is 9.78 Å². The van der Waals surface area contributed by atoms with Crippen molar-refractivity contribution in [2.45, 2.75) is 32.4 Å². The highest BCUT2D eigenvalue weighted by Crippen LogP contribution is 2.22. The first-order valence-corrected chi connectivity index (χ1v) is 10.3. The third-order valence-electron chi connectivity index (χ3n) is 4.52. The molecule has 3 rings (SSSR count). The van der Waals surface area contributed by atoms with Crippen molar-refractivity contribution < 1.29 is 17.6 Å². The molecule has 1 atom stereocenters. The van der Waals surface area contributed by atoms with Crippen LogP contribution >= 0.6 is 0 Å². The molecule has 2 aromatic rings. The molecule has 0 aliphatic carbocycles. The van der Waals surface area contributed by atoms with Crippen molar-refractivity contribution in [2.75, 3.05) is 19.3 Å². The number of carbonyl (C=O) groups is 1. The van der Waals surface area contributed by atoms with Gasteiger partial charge < -0.3 is 9.32 Å². The maximum atomic E-state index is 12.7. The molecule has 1 aliphatic rings. The molecule has 3 heterocycles. The molecule has 1 unspecified atom stereocenters. The van der Waals surface area contributed by atoms with Gasteiger partial charge in [0, 0.05) is 38.1 Å². The summed E-state index contributed by atoms with van der Waals surface area (Å²) < 4.78 is 31.4. The number of rotatable bonds is 5. The molecule has 0 spiro atoms. The maximum absolute atomic E-state index is 12.7. The van der Waals surface area contributed by atoms with E-state index in [9.17, 15) is 13.2 Å². The van der Waals surface area contributed by atoms with Crippen LogP contribution in [0.3, 0.4) is 0 Å². The second-order valence-electron chi connectivity index (χ2n) is 6.48. The number of hydrogen-bond acceptors (Lipinski definition) is 6. The highest BCUT2D eigenvalue weighted by molar-refractivity contribution is 7.88. The van der Waals surface area contributed by atoms with E-state index in [1.165, 1.54) is 17.0 Å². The topological polar surface area (TPSA) is 96.6 Å². The zero-order valence-electron chi connectivity index (χ0n) is 14.8. The van der Waals surface area contributed by atoms with Crippen LogP contribution in [0.5, 0.6) is 0 Å². The molecule has 8 nitrogen and oxygen atoms in total. The number of oxazole rings is 1. The Bertz CT molecular complexity index is 866. The SMILES string of the molecule is Cc1ncoc1C(=O)N1CCCC(N(Cc2cccnc2)S(C)(=O)=O)C1. The van der Waals surface area contributed by atoms with E-state index >= 15 is 0 Å². The van der Waals surface area contributed by atoms with Gasteiger partial charge in [-0.2, -0.15) is 4.31 Å². The Morgan fingerprint density at radius 1 is 1.46 bits per heavy atom. The lowest BCUT2D eigenvalue weighted by Crippen LogP contribution is -2.51. The van der Waals surface area contributed by atoms with Gasteiger partial charge in [0.1, 0.15) is 0 Å². The minimum Gasteiger partial charge on any atom is -0.438 e. The number of nitrogens with zero attached hydrogens (tertiary/aromatic N) is 4. The molecular weight excluding hydrogens is 356 g/mol. The summed E-state index contributed by atoms with van der Waals surface area (Å²) >= 11 is 0. The molecule has 0 radical (unpaired) electrons. The van der Waals surface area contributed by atoms with Crippen molar-refractivity contribution in [1.29, 1.82) is 0 Å². The van der Waals surface area contributed by atoms with Gasteiger partial charge in [-0.1, -0.05) is 6.07 Å². The smallest absolute Gasteiger partial charge is 0.291 e. The summed E-state index contributed by atoms with van der Waals surface area (Å²) in [4.78, 5) is 22.3. The molecule has 0 bridgehead atoms. The Balaban J connectivity index is 1.79. The van der Waals surface area contributed by atoms with Crippen LogP contribution in [0.15, 0.2) is 35.3 Å². The first-order chi connectivity index (χ1) is 12.4. The van der Waals surface area contributed by atoms with Crippen molar-refractivity contribution in [3.8, 4) is 0 Å². The molecule has 0 aromatic carbocycles. The van der Waals surface area contributed by atoms with Gasteiger partial charge >= 0.3 is 0 Å². The predicted molar refractivity (Wildman–Crippen MR) is 94.8 cm³/mol. The zero-order valence-corrected chi connectivity index (χ0v) is 15.6. The number of piperidine rings is 1. The summed E-state index contributed by atoms with van der Waals surface area (Å²) in [6, 6.07) is 3.33. The molecule has 1 fully saturated rings. The molecular formula is C17H22N4O4S. The molecule has 0 saturated carbocycles. The second kappa shape index (κ2) is 7.55. The van der Waals surface area contributed by atoms with E-state index in [1.807, 2.05) is 6.07 Å². The van der Waals surface area contributed by atoms with E-state index < -0.39 is 10.0 Å². The van der Waals surface area contributed by atoms with Crippen molar-refractivity contribution >= 4 is 15.9 Å². The summed E-state index contributed by atoms with van der Waals surface area (Å²) in [5.74, 6) is -0.0386. The number of sulfonamides is 1. The summed E-state index contributed by atoms with van der Waals surface area (Å²) in [5, 5.41) is 0. The van der Waals surface area contributed by atoms with Gasteiger partial charge in [-0.05, 0) is 31.4 Å². The number of amides is 1. The standard InChI is InChI=1S/C17H22N4O4S/c1-13-16(25-12-19-13)17(22)20-8-4-6-15(11-20)21(26(2,23)24)10-14-5-3-7-18-9-14/h3,5,7,9,12,15H,4,6,8,10-11H2,1-2H3. The summed E-state index contributed by atoms with van der Waals surface area (Å²) in [6.07, 6.45) is 7.17. The van der Waals surface area contributed by atoms with Gasteiger partial charge in [-0.15, -0.1) is 0 Å². The number of aryl methyl sites for hydroxylation is 1. The first kappa shape index (κ1) is 18.5. The Morgan fingerprint density at radius 2 is 2.27 bits per heavy atom. The van der Waals surface area contributed by atoms with E-state index in [-0.39, 0.29) is 24.3 Å². The fourth-order valence-electron chi connectivity index (χ4n) is 3.21. The maximum Gasteiger partial charge on any atom is 0.291 e. The first-order valence-electron chi connectivity index (χ1n) is 8.41. The lowest BCUT2D eigenvalue weighted by molar-refractivity contribution is 0.0618. The van der Waals surface area contributed by atoms with E-state index in [1.54, 1.807) is 30.3 Å². The van der Waals surface area contributed by atoms with E-state index in [0.717, 1.165) is 12.0 Å². The molecule has 0 N–H and O–H groups in total. The monoisotopic (exact) mass is 378 g/mol. The Labute approximate surface area is 152 Å². The third kappa shape index (κ3) is 4.10. The zero-order chi connectivity index (χ0) is 18.7. The van der Waals surface area contributed by atoms with Crippen molar-refractivity contribution in [2.24, 2.45) is 0 Å². The van der Waals surface area contributed by atoms with Crippen LogP contribution in [0.4, 0.5) is 0 Å². The van der Waals surface area contributed by atoms with Crippen LogP contribution in [0.25, 0.3) is 0 Å². The van der Waals surface area contributed by atoms with Crippen molar-refractivity contribution in [3.63, 3.8) is 0 Å². The van der Waals surface area contributed by atoms with Gasteiger partial charge in [-0.25, -0.2) is 13.4 Å². The van der Waals surface area contributed by atoms with Crippen molar-refractivity contribution in [3.05, 3.63) is 47.9 Å². The summed E-state index contributed by atoms with van der Waals surface area (Å²) in [5.41, 5.74) is 1.35. The number of carbonyl (C=O) groups excluding carboxylic acids is 1. The lowest BCUT2D eigenvalue weighted by atomic mass is 10.0. The highest BCUT2D eigenvalue weighted by atomic mass is 32.2. The second-order valence-corrected chi connectivity index (χ2v) is 8.42. The van der Waals surface area contributed by atoms with Crippen LogP contribution in [-0.4, -0.2) is 58.9 Å². The largest absolute Gasteiger partial charge is 0.438 e. The fraction of sp³-hybridized carbons (Fsp3) is 0.471. The van der Waals surface area contributed by atoms with Gasteiger partial charge in [0.05, 0.1) is 11.9 Å². The lowest BCUT2D eigenvalue weighted by Gasteiger charge is -2.37. The minimum atomic E-state index is -3.44. The molecule has 2 aromatic heterocycles. The molecule has 1 amide bonds. The molecule has 26 heavy (non-hydrogen) atoms. The highest BCUT2D eigenvalue weighted by Gasteiger charge is 2.34. The number of aromatic nitrogens is 2. The van der Waals surface area contributed by atoms with Gasteiger partial charge in [0.15, 0.2) is 6.39 Å². The molecule has 140 valence electrons. The normalized spacial score (nSPS) is 18.3. The quantitative estimate of drug-likeness (QED) is 0.781. The summed E-state index contributed by atoms with van der Waals surface area (Å²) in [7, 11) is -3.44. The van der Waals surface area contributed by atoms with E-state index in [0.29, 0.717) is 25.2 Å². The Hall–Kier alpha value is -2.26. The van der Waals surface area contributed by atoms with E-state index in [2.05, 4.69) is 9.97 Å². The van der Waals surface area contributed by atoms with Gasteiger partial charge in [0.25, 0.3) is 5.91 Å². The average molecular weight is 378 g/mol. The Kier molecular flexibility index (Phi) is 5.38. The van der Waals surface area contributed by atoms with Crippen LogP contribution in [0, 0.1) is 6.92 Å². The van der Waals surface area contributed by atoms with Crippen LogP contribution in [0.1, 0.15) is 34.7 Å². The summed E-state index contributed by atoms with van der Waals surface area (Å²) in [6.45, 7) is 2.84. The van der Waals surface area contributed by atoms with Crippen LogP contribution in [0.2, 0.25) is 0 Å². The van der Waals surface area contributed by atoms with Gasteiger partial charge in [0.2, 0.25) is 15.8 Å². The average Bonchev–Trinajstić information content (AvgIpc) is 3.05. The predicted octanol–water partition coefficient (Wildman–Crippen LogP) is 1.44. The van der Waals surface area contributed by atoms with E-state index in [4.69, 9.17) is 4.42 Å². The minimum absolute atomic E-state index is 0.212. The van der Waals surface area contributed by atoms with Crippen LogP contribution < -0.4 is 0 Å².